The molecule has 124 valence electrons. The molecule has 0 aliphatic carbocycles. The second kappa shape index (κ2) is 9.12. The molecule has 0 radical (unpaired) electrons. The van der Waals surface area contributed by atoms with Crippen LogP contribution < -0.4 is 4.90 Å². The van der Waals surface area contributed by atoms with Crippen molar-refractivity contribution >= 4 is 11.6 Å². The quantitative estimate of drug-likeness (QED) is 0.691. The Bertz CT molecular complexity index is 581. The summed E-state index contributed by atoms with van der Waals surface area (Å²) in [7, 11) is 0. The molecule has 1 aromatic carbocycles. The Morgan fingerprint density at radius 3 is 2.30 bits per heavy atom. The summed E-state index contributed by atoms with van der Waals surface area (Å²) in [5.74, 6) is 0.0216. The van der Waals surface area contributed by atoms with Gasteiger partial charge in [-0.15, -0.1) is 0 Å². The molecule has 0 aliphatic rings. The lowest BCUT2D eigenvalue weighted by Crippen LogP contribution is -2.41. The molecule has 23 heavy (non-hydrogen) atoms. The van der Waals surface area contributed by atoms with Crippen molar-refractivity contribution in [2.45, 2.75) is 34.1 Å². The number of likely N-dealkylation sites (N-methyl/N-ethyl adjacent to an activating group) is 1. The van der Waals surface area contributed by atoms with Gasteiger partial charge in [-0.05, 0) is 50.6 Å². The van der Waals surface area contributed by atoms with Crippen LogP contribution in [0.25, 0.3) is 0 Å². The van der Waals surface area contributed by atoms with E-state index in [-0.39, 0.29) is 5.91 Å². The molecule has 0 unspecified atom stereocenters. The zero-order chi connectivity index (χ0) is 17.4. The lowest BCUT2D eigenvalue weighted by Gasteiger charge is -2.27. The van der Waals surface area contributed by atoms with E-state index in [0.717, 1.165) is 28.9 Å². The van der Waals surface area contributed by atoms with Crippen LogP contribution in [0.5, 0.6) is 0 Å². The molecule has 0 fully saturated rings. The first-order valence-corrected chi connectivity index (χ1v) is 7.99. The molecule has 0 atom stereocenters. The molecule has 0 spiro atoms. The Hall–Kier alpha value is -2.12. The lowest BCUT2D eigenvalue weighted by molar-refractivity contribution is -0.119. The van der Waals surface area contributed by atoms with Crippen LogP contribution in [0, 0.1) is 25.2 Å². The number of benzene rings is 1. The van der Waals surface area contributed by atoms with Crippen LogP contribution in [0.15, 0.2) is 30.4 Å². The topological polar surface area (TPSA) is 47.3 Å². The smallest absolute Gasteiger partial charge is 0.241 e. The van der Waals surface area contributed by atoms with Crippen molar-refractivity contribution in [3.05, 3.63) is 41.5 Å². The number of carbonyl (C=O) groups is 1. The van der Waals surface area contributed by atoms with E-state index >= 15 is 0 Å². The van der Waals surface area contributed by atoms with E-state index < -0.39 is 0 Å². The van der Waals surface area contributed by atoms with Crippen molar-refractivity contribution < 1.29 is 4.79 Å². The summed E-state index contributed by atoms with van der Waals surface area (Å²) in [5.41, 5.74) is 4.14. The fraction of sp³-hybridized carbons (Fsp3) is 0.474. The summed E-state index contributed by atoms with van der Waals surface area (Å²) >= 11 is 0. The van der Waals surface area contributed by atoms with E-state index in [1.807, 2.05) is 39.8 Å². The first-order chi connectivity index (χ1) is 10.9. The fourth-order valence-corrected chi connectivity index (χ4v) is 2.60. The maximum atomic E-state index is 12.8. The van der Waals surface area contributed by atoms with Crippen molar-refractivity contribution in [2.75, 3.05) is 31.1 Å². The summed E-state index contributed by atoms with van der Waals surface area (Å²) in [6.45, 7) is 14.2. The molecular formula is C19H27N3O. The molecule has 0 saturated carbocycles. The Balaban J connectivity index is 2.98. The lowest BCUT2D eigenvalue weighted by atomic mass is 10.1. The Labute approximate surface area is 140 Å². The minimum absolute atomic E-state index is 0.0216. The molecule has 0 saturated heterocycles. The van der Waals surface area contributed by atoms with Gasteiger partial charge in [-0.25, -0.2) is 0 Å². The van der Waals surface area contributed by atoms with Gasteiger partial charge in [0, 0.05) is 18.8 Å². The molecule has 0 aliphatic heterocycles. The Morgan fingerprint density at radius 2 is 1.83 bits per heavy atom. The van der Waals surface area contributed by atoms with Gasteiger partial charge < -0.3 is 4.90 Å². The van der Waals surface area contributed by atoms with Gasteiger partial charge in [-0.2, -0.15) is 5.26 Å². The van der Waals surface area contributed by atoms with Crippen LogP contribution in [-0.2, 0) is 4.79 Å². The van der Waals surface area contributed by atoms with Crippen LogP contribution >= 0.6 is 0 Å². The highest BCUT2D eigenvalue weighted by atomic mass is 16.2. The van der Waals surface area contributed by atoms with Crippen LogP contribution in [-0.4, -0.2) is 37.0 Å². The van der Waals surface area contributed by atoms with Gasteiger partial charge in [-0.3, -0.25) is 9.69 Å². The maximum absolute atomic E-state index is 12.8. The number of rotatable bonds is 8. The van der Waals surface area contributed by atoms with E-state index in [9.17, 15) is 4.79 Å². The van der Waals surface area contributed by atoms with E-state index in [0.29, 0.717) is 26.1 Å². The average molecular weight is 313 g/mol. The van der Waals surface area contributed by atoms with Gasteiger partial charge >= 0.3 is 0 Å². The highest BCUT2D eigenvalue weighted by molar-refractivity contribution is 5.95. The van der Waals surface area contributed by atoms with Crippen LogP contribution in [0.4, 0.5) is 5.69 Å². The normalized spacial score (nSPS) is 10.4. The molecule has 4 heteroatoms. The molecule has 4 nitrogen and oxygen atoms in total. The molecular weight excluding hydrogens is 286 g/mol. The van der Waals surface area contributed by atoms with Crippen molar-refractivity contribution in [3.63, 3.8) is 0 Å². The first-order valence-electron chi connectivity index (χ1n) is 7.99. The zero-order valence-electron chi connectivity index (χ0n) is 14.7. The zero-order valence-corrected chi connectivity index (χ0v) is 14.7. The van der Waals surface area contributed by atoms with Crippen LogP contribution in [0.3, 0.4) is 0 Å². The van der Waals surface area contributed by atoms with Gasteiger partial charge in [0.2, 0.25) is 5.91 Å². The summed E-state index contributed by atoms with van der Waals surface area (Å²) < 4.78 is 0. The van der Waals surface area contributed by atoms with Gasteiger partial charge in [0.15, 0.2) is 0 Å². The third kappa shape index (κ3) is 6.25. The Morgan fingerprint density at radius 1 is 1.22 bits per heavy atom. The number of nitriles is 1. The van der Waals surface area contributed by atoms with Gasteiger partial charge in [0.05, 0.1) is 19.0 Å². The fourth-order valence-electron chi connectivity index (χ4n) is 2.60. The minimum Gasteiger partial charge on any atom is -0.310 e. The number of hydrogen-bond donors (Lipinski definition) is 0. The van der Waals surface area contributed by atoms with Gasteiger partial charge in [-0.1, -0.05) is 25.1 Å². The third-order valence-corrected chi connectivity index (χ3v) is 3.57. The van der Waals surface area contributed by atoms with E-state index in [1.165, 1.54) is 0 Å². The number of aryl methyl sites for hydroxylation is 2. The predicted molar refractivity (Wildman–Crippen MR) is 95.4 cm³/mol. The largest absolute Gasteiger partial charge is 0.310 e. The van der Waals surface area contributed by atoms with E-state index in [4.69, 9.17) is 5.26 Å². The SMILES string of the molecule is C=C(C)CN(CC)CC(=O)N(CCC#N)c1cc(C)cc(C)c1. The van der Waals surface area contributed by atoms with E-state index in [2.05, 4.69) is 23.6 Å². The molecule has 1 rings (SSSR count). The highest BCUT2D eigenvalue weighted by Gasteiger charge is 2.18. The van der Waals surface area contributed by atoms with Gasteiger partial charge in [0.1, 0.15) is 0 Å². The summed E-state index contributed by atoms with van der Waals surface area (Å²) in [6, 6.07) is 8.20. The summed E-state index contributed by atoms with van der Waals surface area (Å²) in [6.07, 6.45) is 0.325. The predicted octanol–water partition coefficient (Wildman–Crippen LogP) is 3.45. The van der Waals surface area contributed by atoms with Crippen molar-refractivity contribution in [2.24, 2.45) is 0 Å². The monoisotopic (exact) mass is 313 g/mol. The van der Waals surface area contributed by atoms with Crippen molar-refractivity contribution in [1.82, 2.24) is 4.90 Å². The second-order valence-corrected chi connectivity index (χ2v) is 6.06. The van der Waals surface area contributed by atoms with Crippen molar-refractivity contribution in [3.8, 4) is 6.07 Å². The molecule has 0 heterocycles. The molecule has 0 aromatic heterocycles. The summed E-state index contributed by atoms with van der Waals surface area (Å²) in [4.78, 5) is 16.6. The highest BCUT2D eigenvalue weighted by Crippen LogP contribution is 2.19. The van der Waals surface area contributed by atoms with Crippen LogP contribution in [0.1, 0.15) is 31.4 Å². The molecule has 0 bridgehead atoms. The molecule has 1 aromatic rings. The molecule has 0 N–H and O–H groups in total. The average Bonchev–Trinajstić information content (AvgIpc) is 2.45. The number of hydrogen-bond acceptors (Lipinski definition) is 3. The second-order valence-electron chi connectivity index (χ2n) is 6.06. The molecule has 1 amide bonds. The summed E-state index contributed by atoms with van der Waals surface area (Å²) in [5, 5.41) is 8.89. The standard InChI is InChI=1S/C19H27N3O/c1-6-21(13-15(2)3)14-19(23)22(9-7-8-20)18-11-16(4)10-17(5)12-18/h10-12H,2,6-7,9,13-14H2,1,3-5H3. The number of nitrogens with zero attached hydrogens (tertiary/aromatic N) is 3. The third-order valence-electron chi connectivity index (χ3n) is 3.57. The maximum Gasteiger partial charge on any atom is 0.241 e. The van der Waals surface area contributed by atoms with E-state index in [1.54, 1.807) is 4.90 Å². The first kappa shape index (κ1) is 18.9. The number of amides is 1. The number of anilines is 1. The Kier molecular flexibility index (Phi) is 7.50. The van der Waals surface area contributed by atoms with Gasteiger partial charge in [0.25, 0.3) is 0 Å². The minimum atomic E-state index is 0.0216. The number of carbonyl (C=O) groups excluding carboxylic acids is 1. The van der Waals surface area contributed by atoms with Crippen LogP contribution in [0.2, 0.25) is 0 Å². The van der Waals surface area contributed by atoms with Crippen molar-refractivity contribution in [1.29, 1.82) is 5.26 Å².